The van der Waals surface area contributed by atoms with Gasteiger partial charge in [0.15, 0.2) is 24.0 Å². The molecule has 0 aromatic heterocycles. The summed E-state index contributed by atoms with van der Waals surface area (Å²) in [6, 6.07) is 8.72. The van der Waals surface area contributed by atoms with E-state index in [9.17, 15) is 13.6 Å². The van der Waals surface area contributed by atoms with Crippen molar-refractivity contribution in [2.24, 2.45) is 0 Å². The Balaban J connectivity index is 2.08. The first-order chi connectivity index (χ1) is 9.47. The van der Waals surface area contributed by atoms with Gasteiger partial charge in [0.1, 0.15) is 5.75 Å². The lowest BCUT2D eigenvalue weighted by Crippen LogP contribution is -2.12. The SMILES string of the molecule is Cc1ccc(C)c(OCC(=O)c2ccc(F)c(F)c2)c1. The lowest BCUT2D eigenvalue weighted by Gasteiger charge is -2.09. The van der Waals surface area contributed by atoms with Crippen molar-refractivity contribution in [3.05, 3.63) is 64.7 Å². The lowest BCUT2D eigenvalue weighted by molar-refractivity contribution is 0.0920. The van der Waals surface area contributed by atoms with Crippen molar-refractivity contribution in [1.82, 2.24) is 0 Å². The summed E-state index contributed by atoms with van der Waals surface area (Å²) >= 11 is 0. The molecule has 0 unspecified atom stereocenters. The number of aryl methyl sites for hydroxylation is 2. The average Bonchev–Trinajstić information content (AvgIpc) is 2.42. The predicted octanol–water partition coefficient (Wildman–Crippen LogP) is 3.84. The van der Waals surface area contributed by atoms with Crippen LogP contribution in [0.5, 0.6) is 5.75 Å². The molecule has 0 saturated heterocycles. The van der Waals surface area contributed by atoms with Crippen LogP contribution >= 0.6 is 0 Å². The fraction of sp³-hybridized carbons (Fsp3) is 0.188. The minimum absolute atomic E-state index is 0.0919. The predicted molar refractivity (Wildman–Crippen MR) is 72.1 cm³/mol. The molecular weight excluding hydrogens is 262 g/mol. The number of hydrogen-bond donors (Lipinski definition) is 0. The van der Waals surface area contributed by atoms with Crippen molar-refractivity contribution in [2.75, 3.05) is 6.61 Å². The second-order valence-corrected chi connectivity index (χ2v) is 4.61. The topological polar surface area (TPSA) is 26.3 Å². The molecule has 0 aliphatic carbocycles. The van der Waals surface area contributed by atoms with Crippen LogP contribution in [-0.4, -0.2) is 12.4 Å². The van der Waals surface area contributed by atoms with E-state index in [-0.39, 0.29) is 12.2 Å². The normalized spacial score (nSPS) is 10.4. The largest absolute Gasteiger partial charge is 0.485 e. The molecule has 0 bridgehead atoms. The molecule has 2 nitrogen and oxygen atoms in total. The van der Waals surface area contributed by atoms with E-state index >= 15 is 0 Å². The van der Waals surface area contributed by atoms with Gasteiger partial charge < -0.3 is 4.74 Å². The third-order valence-electron chi connectivity index (χ3n) is 2.94. The maximum Gasteiger partial charge on any atom is 0.200 e. The van der Waals surface area contributed by atoms with Crippen LogP contribution in [0.15, 0.2) is 36.4 Å². The first kappa shape index (κ1) is 14.2. The first-order valence-electron chi connectivity index (χ1n) is 6.15. The van der Waals surface area contributed by atoms with Crippen molar-refractivity contribution in [3.8, 4) is 5.75 Å². The van der Waals surface area contributed by atoms with Gasteiger partial charge in [-0.25, -0.2) is 8.78 Å². The third-order valence-corrected chi connectivity index (χ3v) is 2.94. The Bertz CT molecular complexity index is 651. The number of benzene rings is 2. The molecule has 2 aromatic carbocycles. The minimum Gasteiger partial charge on any atom is -0.485 e. The molecule has 0 heterocycles. The molecule has 2 aromatic rings. The molecule has 0 aliphatic heterocycles. The summed E-state index contributed by atoms with van der Waals surface area (Å²) in [6.45, 7) is 3.58. The summed E-state index contributed by atoms with van der Waals surface area (Å²) in [6.07, 6.45) is 0. The number of rotatable bonds is 4. The fourth-order valence-electron chi connectivity index (χ4n) is 1.76. The Morgan fingerprint density at radius 1 is 1.05 bits per heavy atom. The smallest absolute Gasteiger partial charge is 0.200 e. The van der Waals surface area contributed by atoms with Gasteiger partial charge in [-0.1, -0.05) is 12.1 Å². The maximum atomic E-state index is 13.1. The van der Waals surface area contributed by atoms with E-state index in [1.54, 1.807) is 0 Å². The molecule has 0 atom stereocenters. The average molecular weight is 276 g/mol. The zero-order valence-electron chi connectivity index (χ0n) is 11.2. The van der Waals surface area contributed by atoms with Crippen molar-refractivity contribution >= 4 is 5.78 Å². The Morgan fingerprint density at radius 3 is 2.50 bits per heavy atom. The summed E-state index contributed by atoms with van der Waals surface area (Å²) in [7, 11) is 0. The Kier molecular flexibility index (Phi) is 4.13. The highest BCUT2D eigenvalue weighted by Crippen LogP contribution is 2.19. The number of ketones is 1. The van der Waals surface area contributed by atoms with Crippen LogP contribution in [0.2, 0.25) is 0 Å². The second-order valence-electron chi connectivity index (χ2n) is 4.61. The summed E-state index contributed by atoms with van der Waals surface area (Å²) in [5, 5.41) is 0. The van der Waals surface area contributed by atoms with Gasteiger partial charge in [0, 0.05) is 5.56 Å². The molecule has 104 valence electrons. The Labute approximate surface area is 116 Å². The van der Waals surface area contributed by atoms with Crippen LogP contribution in [0.4, 0.5) is 8.78 Å². The molecule has 0 radical (unpaired) electrons. The van der Waals surface area contributed by atoms with E-state index in [0.29, 0.717) is 5.75 Å². The minimum atomic E-state index is -1.04. The molecule has 0 amide bonds. The monoisotopic (exact) mass is 276 g/mol. The lowest BCUT2D eigenvalue weighted by atomic mass is 10.1. The Hall–Kier alpha value is -2.23. The molecule has 20 heavy (non-hydrogen) atoms. The Morgan fingerprint density at radius 2 is 1.80 bits per heavy atom. The van der Waals surface area contributed by atoms with Crippen LogP contribution in [0.3, 0.4) is 0 Å². The second kappa shape index (κ2) is 5.82. The molecule has 0 aliphatic rings. The molecule has 2 rings (SSSR count). The standard InChI is InChI=1S/C16H14F2O2/c1-10-3-4-11(2)16(7-10)20-9-15(19)12-5-6-13(17)14(18)8-12/h3-8H,9H2,1-2H3. The van der Waals surface area contributed by atoms with E-state index in [4.69, 9.17) is 4.74 Å². The van der Waals surface area contributed by atoms with Gasteiger partial charge in [-0.2, -0.15) is 0 Å². The van der Waals surface area contributed by atoms with E-state index in [1.165, 1.54) is 6.07 Å². The quantitative estimate of drug-likeness (QED) is 0.793. The number of ether oxygens (including phenoxy) is 1. The van der Waals surface area contributed by atoms with E-state index in [1.807, 2.05) is 32.0 Å². The highest BCUT2D eigenvalue weighted by Gasteiger charge is 2.11. The maximum absolute atomic E-state index is 13.1. The fourth-order valence-corrected chi connectivity index (χ4v) is 1.76. The first-order valence-corrected chi connectivity index (χ1v) is 6.15. The third kappa shape index (κ3) is 3.20. The van der Waals surface area contributed by atoms with Gasteiger partial charge in [0.05, 0.1) is 0 Å². The highest BCUT2D eigenvalue weighted by atomic mass is 19.2. The molecule has 0 N–H and O–H groups in total. The number of Topliss-reactive ketones (excluding diaryl/α,β-unsaturated/α-hetero) is 1. The van der Waals surface area contributed by atoms with Crippen molar-refractivity contribution in [2.45, 2.75) is 13.8 Å². The van der Waals surface area contributed by atoms with Gasteiger partial charge in [-0.3, -0.25) is 4.79 Å². The zero-order chi connectivity index (χ0) is 14.7. The van der Waals surface area contributed by atoms with Crippen LogP contribution in [0, 0.1) is 25.5 Å². The number of halogens is 2. The number of carbonyl (C=O) groups is 1. The van der Waals surface area contributed by atoms with Crippen LogP contribution in [0.25, 0.3) is 0 Å². The van der Waals surface area contributed by atoms with Gasteiger partial charge in [0.2, 0.25) is 0 Å². The van der Waals surface area contributed by atoms with Gasteiger partial charge >= 0.3 is 0 Å². The van der Waals surface area contributed by atoms with E-state index < -0.39 is 17.4 Å². The molecule has 4 heteroatoms. The van der Waals surface area contributed by atoms with Gasteiger partial charge in [-0.15, -0.1) is 0 Å². The van der Waals surface area contributed by atoms with Crippen LogP contribution in [-0.2, 0) is 0 Å². The zero-order valence-corrected chi connectivity index (χ0v) is 11.2. The molecule has 0 saturated carbocycles. The van der Waals surface area contributed by atoms with E-state index in [2.05, 4.69) is 0 Å². The highest BCUT2D eigenvalue weighted by molar-refractivity contribution is 5.97. The molecule has 0 fully saturated rings. The summed E-state index contributed by atoms with van der Waals surface area (Å²) < 4.78 is 31.3. The van der Waals surface area contributed by atoms with Gasteiger partial charge in [0.25, 0.3) is 0 Å². The number of hydrogen-bond acceptors (Lipinski definition) is 2. The van der Waals surface area contributed by atoms with Crippen molar-refractivity contribution < 1.29 is 18.3 Å². The van der Waals surface area contributed by atoms with E-state index in [0.717, 1.165) is 23.3 Å². The van der Waals surface area contributed by atoms with Crippen LogP contribution in [0.1, 0.15) is 21.5 Å². The molecular formula is C16H14F2O2. The summed E-state index contributed by atoms with van der Waals surface area (Å²) in [4.78, 5) is 11.9. The summed E-state index contributed by atoms with van der Waals surface area (Å²) in [5.74, 6) is -1.80. The molecule has 0 spiro atoms. The van der Waals surface area contributed by atoms with Crippen molar-refractivity contribution in [1.29, 1.82) is 0 Å². The van der Waals surface area contributed by atoms with Crippen molar-refractivity contribution in [3.63, 3.8) is 0 Å². The number of carbonyl (C=O) groups excluding carboxylic acids is 1. The van der Waals surface area contributed by atoms with Gasteiger partial charge in [-0.05, 0) is 49.2 Å². The van der Waals surface area contributed by atoms with Crippen LogP contribution < -0.4 is 4.74 Å². The summed E-state index contributed by atoms with van der Waals surface area (Å²) in [5.41, 5.74) is 2.02.